The van der Waals surface area contributed by atoms with Crippen LogP contribution in [0.4, 0.5) is 0 Å². The van der Waals surface area contributed by atoms with Crippen molar-refractivity contribution in [2.45, 2.75) is 44.0 Å². The third-order valence-electron chi connectivity index (χ3n) is 4.45. The molecule has 0 bridgehead atoms. The van der Waals surface area contributed by atoms with Crippen LogP contribution >= 0.6 is 23.2 Å². The monoisotopic (exact) mass is 350 g/mol. The normalized spacial score (nSPS) is 17.5. The first-order valence-electron chi connectivity index (χ1n) is 7.02. The van der Waals surface area contributed by atoms with Gasteiger partial charge in [-0.15, -0.1) is 0 Å². The molecule has 1 saturated carbocycles. The van der Waals surface area contributed by atoms with Gasteiger partial charge in [-0.25, -0.2) is 13.1 Å². The molecule has 0 radical (unpaired) electrons. The summed E-state index contributed by atoms with van der Waals surface area (Å²) in [6.07, 6.45) is 4.26. The zero-order chi connectivity index (χ0) is 15.7. The van der Waals surface area contributed by atoms with Crippen LogP contribution in [0, 0.1) is 5.41 Å². The van der Waals surface area contributed by atoms with Gasteiger partial charge in [0.15, 0.2) is 0 Å². The topological polar surface area (TPSA) is 72.2 Å². The molecule has 1 fully saturated rings. The number of rotatable bonds is 6. The Balaban J connectivity index is 2.24. The Morgan fingerprint density at radius 1 is 1.33 bits per heavy atom. The first-order chi connectivity index (χ1) is 9.85. The maximum atomic E-state index is 12.5. The summed E-state index contributed by atoms with van der Waals surface area (Å²) in [4.78, 5) is 0.0413. The first-order valence-corrected chi connectivity index (χ1v) is 9.26. The van der Waals surface area contributed by atoms with Crippen LogP contribution in [0.15, 0.2) is 17.0 Å². The second-order valence-electron chi connectivity index (χ2n) is 5.57. The van der Waals surface area contributed by atoms with E-state index in [0.29, 0.717) is 17.1 Å². The van der Waals surface area contributed by atoms with E-state index in [0.717, 1.165) is 25.7 Å². The summed E-state index contributed by atoms with van der Waals surface area (Å²) >= 11 is 12.1. The SMILES string of the molecule is CCC1(CNS(=O)(=O)c2ccc(Cl)c(CN)c2Cl)CCC1. The summed E-state index contributed by atoms with van der Waals surface area (Å²) in [6, 6.07) is 2.94. The van der Waals surface area contributed by atoms with Gasteiger partial charge in [-0.2, -0.15) is 0 Å². The Morgan fingerprint density at radius 3 is 2.48 bits per heavy atom. The number of sulfonamides is 1. The van der Waals surface area contributed by atoms with Crippen molar-refractivity contribution in [3.8, 4) is 0 Å². The van der Waals surface area contributed by atoms with Crippen LogP contribution in [0.2, 0.25) is 10.0 Å². The molecule has 7 heteroatoms. The minimum Gasteiger partial charge on any atom is -0.326 e. The van der Waals surface area contributed by atoms with Gasteiger partial charge in [0.2, 0.25) is 10.0 Å². The lowest BCUT2D eigenvalue weighted by Gasteiger charge is -2.41. The van der Waals surface area contributed by atoms with Gasteiger partial charge in [0.05, 0.1) is 5.02 Å². The van der Waals surface area contributed by atoms with E-state index in [4.69, 9.17) is 28.9 Å². The molecule has 3 N–H and O–H groups in total. The van der Waals surface area contributed by atoms with Crippen molar-refractivity contribution in [3.63, 3.8) is 0 Å². The lowest BCUT2D eigenvalue weighted by Crippen LogP contribution is -2.41. The molecule has 0 atom stereocenters. The molecule has 2 rings (SSSR count). The van der Waals surface area contributed by atoms with E-state index in [1.165, 1.54) is 12.1 Å². The highest BCUT2D eigenvalue weighted by Gasteiger charge is 2.36. The highest BCUT2D eigenvalue weighted by molar-refractivity contribution is 7.89. The fourth-order valence-electron chi connectivity index (χ4n) is 2.63. The molecule has 1 aliphatic carbocycles. The molecule has 0 aliphatic heterocycles. The van der Waals surface area contributed by atoms with Crippen LogP contribution in [0.3, 0.4) is 0 Å². The zero-order valence-electron chi connectivity index (χ0n) is 12.0. The molecule has 1 aromatic carbocycles. The van der Waals surface area contributed by atoms with E-state index in [-0.39, 0.29) is 21.9 Å². The predicted octanol–water partition coefficient (Wildman–Crippen LogP) is 3.31. The first kappa shape index (κ1) is 17.0. The number of benzene rings is 1. The lowest BCUT2D eigenvalue weighted by molar-refractivity contribution is 0.133. The van der Waals surface area contributed by atoms with E-state index in [1.807, 2.05) is 0 Å². The number of hydrogen-bond donors (Lipinski definition) is 2. The average Bonchev–Trinajstić information content (AvgIpc) is 2.38. The minimum atomic E-state index is -3.66. The number of hydrogen-bond acceptors (Lipinski definition) is 3. The van der Waals surface area contributed by atoms with Crippen molar-refractivity contribution in [1.29, 1.82) is 0 Å². The number of halogens is 2. The fourth-order valence-corrected chi connectivity index (χ4v) is 4.72. The van der Waals surface area contributed by atoms with Gasteiger partial charge in [0, 0.05) is 23.7 Å². The Hall–Kier alpha value is -0.330. The van der Waals surface area contributed by atoms with Crippen molar-refractivity contribution in [3.05, 3.63) is 27.7 Å². The molecule has 0 spiro atoms. The second-order valence-corrected chi connectivity index (χ2v) is 8.09. The summed E-state index contributed by atoms with van der Waals surface area (Å²) in [5, 5.41) is 0.488. The molecule has 0 amide bonds. The van der Waals surface area contributed by atoms with Gasteiger partial charge in [-0.3, -0.25) is 0 Å². The Kier molecular flexibility index (Phi) is 5.21. The quantitative estimate of drug-likeness (QED) is 0.826. The Labute approximate surface area is 136 Å². The summed E-state index contributed by atoms with van der Waals surface area (Å²) in [6.45, 7) is 2.64. The average molecular weight is 351 g/mol. The maximum Gasteiger partial charge on any atom is 0.242 e. The molecule has 0 unspecified atom stereocenters. The lowest BCUT2D eigenvalue weighted by atomic mass is 9.67. The van der Waals surface area contributed by atoms with Crippen LogP contribution in [0.1, 0.15) is 38.2 Å². The molecule has 0 heterocycles. The van der Waals surface area contributed by atoms with Crippen molar-refractivity contribution in [2.75, 3.05) is 6.54 Å². The van der Waals surface area contributed by atoms with Crippen molar-refractivity contribution in [2.24, 2.45) is 11.1 Å². The zero-order valence-corrected chi connectivity index (χ0v) is 14.3. The standard InChI is InChI=1S/C14H20Cl2N2O2S/c1-2-14(6-3-7-14)9-18-21(19,20)12-5-4-11(15)10(8-17)13(12)16/h4-5,18H,2-3,6-9,17H2,1H3. The number of nitrogens with one attached hydrogen (secondary N) is 1. The van der Waals surface area contributed by atoms with Crippen LogP contribution < -0.4 is 10.5 Å². The summed E-state index contributed by atoms with van der Waals surface area (Å²) in [5.74, 6) is 0. The van der Waals surface area contributed by atoms with Crippen LogP contribution in [0.5, 0.6) is 0 Å². The van der Waals surface area contributed by atoms with Gasteiger partial charge < -0.3 is 5.73 Å². The van der Waals surface area contributed by atoms with Gasteiger partial charge in [0.1, 0.15) is 4.90 Å². The molecule has 0 aromatic heterocycles. The minimum absolute atomic E-state index is 0.0413. The smallest absolute Gasteiger partial charge is 0.242 e. The van der Waals surface area contributed by atoms with Crippen molar-refractivity contribution in [1.82, 2.24) is 4.72 Å². The van der Waals surface area contributed by atoms with E-state index < -0.39 is 10.0 Å². The molecule has 4 nitrogen and oxygen atoms in total. The molecular weight excluding hydrogens is 331 g/mol. The van der Waals surface area contributed by atoms with Crippen LogP contribution in [-0.4, -0.2) is 15.0 Å². The maximum absolute atomic E-state index is 12.5. The molecule has 0 saturated heterocycles. The van der Waals surface area contributed by atoms with E-state index in [2.05, 4.69) is 11.6 Å². The van der Waals surface area contributed by atoms with E-state index >= 15 is 0 Å². The van der Waals surface area contributed by atoms with Crippen molar-refractivity contribution >= 4 is 33.2 Å². The van der Waals surface area contributed by atoms with Gasteiger partial charge in [-0.05, 0) is 36.8 Å². The molecule has 118 valence electrons. The van der Waals surface area contributed by atoms with Gasteiger partial charge in [-0.1, -0.05) is 36.5 Å². The molecular formula is C14H20Cl2N2O2S. The Morgan fingerprint density at radius 2 is 2.00 bits per heavy atom. The second kappa shape index (κ2) is 6.42. The van der Waals surface area contributed by atoms with Gasteiger partial charge in [0.25, 0.3) is 0 Å². The molecule has 1 aromatic rings. The summed E-state index contributed by atoms with van der Waals surface area (Å²) in [7, 11) is -3.66. The fraction of sp³-hybridized carbons (Fsp3) is 0.571. The highest BCUT2D eigenvalue weighted by atomic mass is 35.5. The predicted molar refractivity (Wildman–Crippen MR) is 86.1 cm³/mol. The van der Waals surface area contributed by atoms with Crippen molar-refractivity contribution < 1.29 is 8.42 Å². The largest absolute Gasteiger partial charge is 0.326 e. The third kappa shape index (κ3) is 3.37. The van der Waals surface area contributed by atoms with Gasteiger partial charge >= 0.3 is 0 Å². The van der Waals surface area contributed by atoms with E-state index in [1.54, 1.807) is 0 Å². The summed E-state index contributed by atoms with van der Waals surface area (Å²) < 4.78 is 27.6. The third-order valence-corrected chi connectivity index (χ3v) is 6.79. The molecule has 1 aliphatic rings. The number of nitrogens with two attached hydrogens (primary N) is 1. The summed E-state index contributed by atoms with van der Waals surface area (Å²) in [5.41, 5.74) is 6.13. The Bertz CT molecular complexity index is 623. The van der Waals surface area contributed by atoms with E-state index in [9.17, 15) is 8.42 Å². The molecule has 21 heavy (non-hydrogen) atoms. The van der Waals surface area contributed by atoms with Crippen LogP contribution in [0.25, 0.3) is 0 Å². The highest BCUT2D eigenvalue weighted by Crippen LogP contribution is 2.43. The van der Waals surface area contributed by atoms with Crippen LogP contribution in [-0.2, 0) is 16.6 Å².